The summed E-state index contributed by atoms with van der Waals surface area (Å²) in [6.07, 6.45) is 1.09. The maximum Gasteiger partial charge on any atom is 0.243 e. The van der Waals surface area contributed by atoms with Gasteiger partial charge in [-0.25, -0.2) is 8.42 Å². The van der Waals surface area contributed by atoms with E-state index in [0.29, 0.717) is 18.0 Å². The van der Waals surface area contributed by atoms with E-state index in [0.717, 1.165) is 27.6 Å². The van der Waals surface area contributed by atoms with Crippen LogP contribution < -0.4 is 14.4 Å². The first-order valence-corrected chi connectivity index (χ1v) is 12.3. The average molecular weight is 437 g/mol. The van der Waals surface area contributed by atoms with E-state index in [1.807, 2.05) is 31.2 Å². The number of amides is 1. The SMILES string of the molecule is COc1ccc(C)cc1N(C(C)C(=O)NCCSCc1ccccc1)S(C)(=O)=O. The third-order valence-electron chi connectivity index (χ3n) is 4.32. The van der Waals surface area contributed by atoms with E-state index in [1.54, 1.807) is 30.8 Å². The lowest BCUT2D eigenvalue weighted by Gasteiger charge is -2.29. The van der Waals surface area contributed by atoms with Crippen molar-refractivity contribution < 1.29 is 17.9 Å². The van der Waals surface area contributed by atoms with Crippen molar-refractivity contribution >= 4 is 33.4 Å². The molecule has 1 N–H and O–H groups in total. The Morgan fingerprint density at radius 3 is 2.52 bits per heavy atom. The van der Waals surface area contributed by atoms with Crippen LogP contribution in [0.4, 0.5) is 5.69 Å². The number of ether oxygens (including phenoxy) is 1. The molecule has 8 heteroatoms. The van der Waals surface area contributed by atoms with Crippen molar-refractivity contribution in [1.82, 2.24) is 5.32 Å². The predicted molar refractivity (Wildman–Crippen MR) is 120 cm³/mol. The number of nitrogens with zero attached hydrogens (tertiary/aromatic N) is 1. The summed E-state index contributed by atoms with van der Waals surface area (Å²) < 4.78 is 31.4. The van der Waals surface area contributed by atoms with Gasteiger partial charge < -0.3 is 10.1 Å². The maximum atomic E-state index is 12.7. The fourth-order valence-corrected chi connectivity index (χ4v) is 4.90. The third kappa shape index (κ3) is 6.68. The highest BCUT2D eigenvalue weighted by molar-refractivity contribution is 7.98. The lowest BCUT2D eigenvalue weighted by atomic mass is 10.2. The molecule has 2 aromatic carbocycles. The number of hydrogen-bond donors (Lipinski definition) is 1. The summed E-state index contributed by atoms with van der Waals surface area (Å²) in [7, 11) is -2.22. The van der Waals surface area contributed by atoms with E-state index in [9.17, 15) is 13.2 Å². The number of rotatable bonds is 10. The molecule has 0 aliphatic heterocycles. The number of methoxy groups -OCH3 is 1. The van der Waals surface area contributed by atoms with Crippen LogP contribution in [0.3, 0.4) is 0 Å². The molecule has 158 valence electrons. The van der Waals surface area contributed by atoms with Crippen molar-refractivity contribution in [3.8, 4) is 5.75 Å². The number of sulfonamides is 1. The Kier molecular flexibility index (Phi) is 8.40. The Bertz CT molecular complexity index is 918. The largest absolute Gasteiger partial charge is 0.495 e. The van der Waals surface area contributed by atoms with E-state index in [2.05, 4.69) is 17.4 Å². The van der Waals surface area contributed by atoms with E-state index in [1.165, 1.54) is 12.7 Å². The molecule has 0 fully saturated rings. The van der Waals surface area contributed by atoms with Crippen LogP contribution in [-0.2, 0) is 20.6 Å². The van der Waals surface area contributed by atoms with Gasteiger partial charge in [-0.15, -0.1) is 0 Å². The van der Waals surface area contributed by atoms with Gasteiger partial charge in [-0.05, 0) is 37.1 Å². The molecule has 29 heavy (non-hydrogen) atoms. The zero-order chi connectivity index (χ0) is 21.4. The van der Waals surface area contributed by atoms with Crippen LogP contribution in [0.2, 0.25) is 0 Å². The maximum absolute atomic E-state index is 12.7. The second kappa shape index (κ2) is 10.5. The lowest BCUT2D eigenvalue weighted by molar-refractivity contribution is -0.121. The summed E-state index contributed by atoms with van der Waals surface area (Å²) in [6, 6.07) is 14.4. The Morgan fingerprint density at radius 1 is 1.21 bits per heavy atom. The first kappa shape index (κ1) is 23.1. The monoisotopic (exact) mass is 436 g/mol. The number of nitrogens with one attached hydrogen (secondary N) is 1. The van der Waals surface area contributed by atoms with E-state index < -0.39 is 16.1 Å². The van der Waals surface area contributed by atoms with Crippen molar-refractivity contribution in [3.63, 3.8) is 0 Å². The van der Waals surface area contributed by atoms with Crippen LogP contribution in [0.1, 0.15) is 18.1 Å². The molecule has 0 heterocycles. The van der Waals surface area contributed by atoms with Gasteiger partial charge in [0.15, 0.2) is 0 Å². The van der Waals surface area contributed by atoms with E-state index >= 15 is 0 Å². The van der Waals surface area contributed by atoms with Crippen molar-refractivity contribution in [2.24, 2.45) is 0 Å². The van der Waals surface area contributed by atoms with Gasteiger partial charge in [0.05, 0.1) is 19.1 Å². The molecule has 0 saturated carbocycles. The molecular weight excluding hydrogens is 408 g/mol. The number of anilines is 1. The second-order valence-electron chi connectivity index (χ2n) is 6.74. The topological polar surface area (TPSA) is 75.7 Å². The molecule has 2 rings (SSSR count). The van der Waals surface area contributed by atoms with Gasteiger partial charge >= 0.3 is 0 Å². The van der Waals surface area contributed by atoms with Crippen LogP contribution in [0.15, 0.2) is 48.5 Å². The molecule has 2 aromatic rings. The summed E-state index contributed by atoms with van der Waals surface area (Å²) in [5.41, 5.74) is 2.46. The number of benzene rings is 2. The molecule has 0 bridgehead atoms. The summed E-state index contributed by atoms with van der Waals surface area (Å²) in [5, 5.41) is 2.84. The quantitative estimate of drug-likeness (QED) is 0.579. The molecule has 0 aromatic heterocycles. The van der Waals surface area contributed by atoms with E-state index in [4.69, 9.17) is 4.74 Å². The summed E-state index contributed by atoms with van der Waals surface area (Å²) in [4.78, 5) is 12.7. The summed E-state index contributed by atoms with van der Waals surface area (Å²) >= 11 is 1.71. The highest BCUT2D eigenvalue weighted by Crippen LogP contribution is 2.32. The van der Waals surface area contributed by atoms with Crippen molar-refractivity contribution in [2.75, 3.05) is 30.0 Å². The molecule has 1 amide bonds. The van der Waals surface area contributed by atoms with Crippen LogP contribution in [0, 0.1) is 6.92 Å². The molecule has 0 spiro atoms. The van der Waals surface area contributed by atoms with Crippen LogP contribution in [-0.4, -0.2) is 46.0 Å². The number of carbonyl (C=O) groups excluding carboxylic acids is 1. The normalized spacial score (nSPS) is 12.3. The molecule has 0 saturated heterocycles. The molecule has 0 radical (unpaired) electrons. The van der Waals surface area contributed by atoms with E-state index in [-0.39, 0.29) is 5.91 Å². The zero-order valence-electron chi connectivity index (χ0n) is 17.2. The third-order valence-corrected chi connectivity index (χ3v) is 6.58. The Labute approximate surface area is 177 Å². The van der Waals surface area contributed by atoms with Gasteiger partial charge in [-0.1, -0.05) is 36.4 Å². The van der Waals surface area contributed by atoms with Crippen molar-refractivity contribution in [1.29, 1.82) is 0 Å². The molecule has 0 aliphatic carbocycles. The smallest absolute Gasteiger partial charge is 0.243 e. The van der Waals surface area contributed by atoms with Crippen molar-refractivity contribution in [3.05, 3.63) is 59.7 Å². The average Bonchev–Trinajstić information content (AvgIpc) is 2.67. The minimum Gasteiger partial charge on any atom is -0.495 e. The second-order valence-corrected chi connectivity index (χ2v) is 9.70. The van der Waals surface area contributed by atoms with Gasteiger partial charge in [0, 0.05) is 18.1 Å². The minimum atomic E-state index is -3.70. The predicted octanol–water partition coefficient (Wildman–Crippen LogP) is 3.21. The minimum absolute atomic E-state index is 0.348. The Hall–Kier alpha value is -2.19. The zero-order valence-corrected chi connectivity index (χ0v) is 18.8. The van der Waals surface area contributed by atoms with Gasteiger partial charge in [0.25, 0.3) is 0 Å². The Balaban J connectivity index is 2.01. The summed E-state index contributed by atoms with van der Waals surface area (Å²) in [6.45, 7) is 3.90. The van der Waals surface area contributed by atoms with Crippen LogP contribution in [0.5, 0.6) is 5.75 Å². The number of aryl methyl sites for hydroxylation is 1. The molecule has 1 atom stereocenters. The fraction of sp³-hybridized carbons (Fsp3) is 0.381. The molecule has 6 nitrogen and oxygen atoms in total. The molecular formula is C21H28N2O4S2. The number of hydrogen-bond acceptors (Lipinski definition) is 5. The first-order chi connectivity index (χ1) is 13.7. The number of carbonyl (C=O) groups is 1. The van der Waals surface area contributed by atoms with Gasteiger partial charge in [-0.3, -0.25) is 9.10 Å². The van der Waals surface area contributed by atoms with Crippen molar-refractivity contribution in [2.45, 2.75) is 25.6 Å². The van der Waals surface area contributed by atoms with Crippen LogP contribution >= 0.6 is 11.8 Å². The van der Waals surface area contributed by atoms with Gasteiger partial charge in [-0.2, -0.15) is 11.8 Å². The molecule has 1 unspecified atom stereocenters. The highest BCUT2D eigenvalue weighted by atomic mass is 32.2. The summed E-state index contributed by atoms with van der Waals surface area (Å²) in [5.74, 6) is 1.65. The highest BCUT2D eigenvalue weighted by Gasteiger charge is 2.31. The van der Waals surface area contributed by atoms with Gasteiger partial charge in [0.1, 0.15) is 11.8 Å². The first-order valence-electron chi connectivity index (χ1n) is 9.27. The Morgan fingerprint density at radius 2 is 1.90 bits per heavy atom. The molecule has 0 aliphatic rings. The van der Waals surface area contributed by atoms with Crippen LogP contribution in [0.25, 0.3) is 0 Å². The van der Waals surface area contributed by atoms with Gasteiger partial charge in [0.2, 0.25) is 15.9 Å². The number of thioether (sulfide) groups is 1. The fourth-order valence-electron chi connectivity index (χ4n) is 2.91. The standard InChI is InChI=1S/C21H28N2O4S2/c1-16-10-11-20(27-3)19(14-16)23(29(4,25)26)17(2)21(24)22-12-13-28-15-18-8-6-5-7-9-18/h5-11,14,17H,12-13,15H2,1-4H3,(H,22,24). The lowest BCUT2D eigenvalue weighted by Crippen LogP contribution is -2.48.